The molecule has 98 valence electrons. The first-order valence-electron chi connectivity index (χ1n) is 5.95. The molecule has 1 rings (SSSR count). The minimum atomic E-state index is 0. The summed E-state index contributed by atoms with van der Waals surface area (Å²) in [7, 11) is 0. The molecule has 0 radical (unpaired) electrons. The van der Waals surface area contributed by atoms with E-state index >= 15 is 0 Å². The van der Waals surface area contributed by atoms with Crippen LogP contribution >= 0.6 is 12.4 Å². The zero-order valence-electron chi connectivity index (χ0n) is 11.2. The van der Waals surface area contributed by atoms with Gasteiger partial charge in [0.05, 0.1) is 0 Å². The molecule has 0 aliphatic rings. The summed E-state index contributed by atoms with van der Waals surface area (Å²) in [5.41, 5.74) is 8.89. The average Bonchev–Trinajstić information content (AvgIpc) is 2.19. The van der Waals surface area contributed by atoms with Gasteiger partial charge in [-0.2, -0.15) is 0 Å². The van der Waals surface area contributed by atoms with Gasteiger partial charge in [0.25, 0.3) is 0 Å². The smallest absolute Gasteiger partial charge is 0.123 e. The number of benzene rings is 1. The highest BCUT2D eigenvalue weighted by Gasteiger charge is 2.17. The lowest BCUT2D eigenvalue weighted by Crippen LogP contribution is -2.13. The normalized spacial score (nSPS) is 11.1. The largest absolute Gasteiger partial charge is 0.507 e. The molecule has 3 heteroatoms. The quantitative estimate of drug-likeness (QED) is 0.870. The molecule has 0 saturated carbocycles. The topological polar surface area (TPSA) is 46.2 Å². The van der Waals surface area contributed by atoms with Gasteiger partial charge in [-0.25, -0.2) is 0 Å². The van der Waals surface area contributed by atoms with Gasteiger partial charge in [0, 0.05) is 12.1 Å². The minimum Gasteiger partial charge on any atom is -0.507 e. The van der Waals surface area contributed by atoms with Crippen LogP contribution in [0.5, 0.6) is 5.75 Å². The van der Waals surface area contributed by atoms with Crippen molar-refractivity contribution in [1.82, 2.24) is 0 Å². The van der Waals surface area contributed by atoms with Gasteiger partial charge in [0.1, 0.15) is 5.75 Å². The lowest BCUT2D eigenvalue weighted by molar-refractivity contribution is 0.459. The van der Waals surface area contributed by atoms with E-state index in [-0.39, 0.29) is 17.8 Å². The molecule has 1 aromatic rings. The number of hydrogen-bond acceptors (Lipinski definition) is 2. The summed E-state index contributed by atoms with van der Waals surface area (Å²) >= 11 is 0. The van der Waals surface area contributed by atoms with Crippen LogP contribution in [0, 0.1) is 0 Å². The number of phenolic OH excluding ortho intramolecular Hbond substituents is 1. The summed E-state index contributed by atoms with van der Waals surface area (Å²) in [5.74, 6) is 0.386. The predicted octanol–water partition coefficient (Wildman–Crippen LogP) is 3.52. The van der Waals surface area contributed by atoms with E-state index in [1.54, 1.807) is 0 Å². The van der Waals surface area contributed by atoms with E-state index < -0.39 is 0 Å². The first-order chi connectivity index (χ1) is 7.40. The van der Waals surface area contributed by atoms with Crippen molar-refractivity contribution in [3.05, 3.63) is 28.8 Å². The Balaban J connectivity index is 0.00000256. The lowest BCUT2D eigenvalue weighted by Gasteiger charge is -2.22. The van der Waals surface area contributed by atoms with Crippen LogP contribution in [0.15, 0.2) is 12.1 Å². The maximum atomic E-state index is 10.0. The van der Waals surface area contributed by atoms with E-state index in [9.17, 15) is 5.11 Å². The van der Waals surface area contributed by atoms with Gasteiger partial charge >= 0.3 is 0 Å². The Hall–Kier alpha value is -0.730. The number of aromatic hydroxyl groups is 1. The second-order valence-corrected chi connectivity index (χ2v) is 5.35. The molecule has 0 aromatic heterocycles. The van der Waals surface area contributed by atoms with Crippen molar-refractivity contribution < 1.29 is 5.11 Å². The maximum absolute atomic E-state index is 10.0. The number of phenols is 1. The van der Waals surface area contributed by atoms with E-state index in [4.69, 9.17) is 5.73 Å². The van der Waals surface area contributed by atoms with Gasteiger partial charge in [-0.3, -0.25) is 0 Å². The maximum Gasteiger partial charge on any atom is 0.123 e. The van der Waals surface area contributed by atoms with Crippen LogP contribution in [0.3, 0.4) is 0 Å². The SMILES string of the molecule is CCCc1cc(C(C)(C)C)cc(CN)c1O.Cl. The lowest BCUT2D eigenvalue weighted by atomic mass is 9.84. The van der Waals surface area contributed by atoms with Crippen LogP contribution in [0.1, 0.15) is 50.8 Å². The second-order valence-electron chi connectivity index (χ2n) is 5.35. The molecule has 0 fully saturated rings. The Morgan fingerprint density at radius 3 is 2.12 bits per heavy atom. The van der Waals surface area contributed by atoms with Crippen LogP contribution in [-0.4, -0.2) is 5.11 Å². The zero-order valence-corrected chi connectivity index (χ0v) is 12.0. The molecule has 0 saturated heterocycles. The van der Waals surface area contributed by atoms with E-state index in [0.717, 1.165) is 24.0 Å². The van der Waals surface area contributed by atoms with Crippen LogP contribution in [0.2, 0.25) is 0 Å². The van der Waals surface area contributed by atoms with E-state index in [2.05, 4.69) is 33.8 Å². The summed E-state index contributed by atoms with van der Waals surface area (Å²) in [5, 5.41) is 10.0. The monoisotopic (exact) mass is 257 g/mol. The number of nitrogens with two attached hydrogens (primary N) is 1. The van der Waals surface area contributed by atoms with Crippen LogP contribution in [0.4, 0.5) is 0 Å². The first kappa shape index (κ1) is 16.3. The fourth-order valence-electron chi connectivity index (χ4n) is 1.81. The number of halogens is 1. The molecule has 0 unspecified atom stereocenters. The molecule has 0 bridgehead atoms. The fourth-order valence-corrected chi connectivity index (χ4v) is 1.81. The van der Waals surface area contributed by atoms with Gasteiger partial charge in [-0.15, -0.1) is 12.4 Å². The Bertz CT molecular complexity index is 369. The molecule has 0 aliphatic carbocycles. The molecular formula is C14H24ClNO. The highest BCUT2D eigenvalue weighted by Crippen LogP contribution is 2.31. The van der Waals surface area contributed by atoms with Gasteiger partial charge < -0.3 is 10.8 Å². The predicted molar refractivity (Wildman–Crippen MR) is 75.9 cm³/mol. The van der Waals surface area contributed by atoms with Crippen molar-refractivity contribution >= 4 is 12.4 Å². The highest BCUT2D eigenvalue weighted by atomic mass is 35.5. The molecule has 0 amide bonds. The van der Waals surface area contributed by atoms with Gasteiger partial charge in [-0.05, 0) is 23.0 Å². The summed E-state index contributed by atoms with van der Waals surface area (Å²) in [6, 6.07) is 4.13. The number of rotatable bonds is 3. The van der Waals surface area contributed by atoms with E-state index in [0.29, 0.717) is 12.3 Å². The van der Waals surface area contributed by atoms with Crippen molar-refractivity contribution in [2.75, 3.05) is 0 Å². The Kier molecular flexibility index (Phi) is 6.00. The zero-order chi connectivity index (χ0) is 12.3. The summed E-state index contributed by atoms with van der Waals surface area (Å²) < 4.78 is 0. The first-order valence-corrected chi connectivity index (χ1v) is 5.95. The third kappa shape index (κ3) is 3.90. The van der Waals surface area contributed by atoms with Gasteiger partial charge in [-0.1, -0.05) is 46.2 Å². The van der Waals surface area contributed by atoms with Crippen LogP contribution in [-0.2, 0) is 18.4 Å². The molecule has 0 heterocycles. The molecule has 0 aliphatic heterocycles. The highest BCUT2D eigenvalue weighted by molar-refractivity contribution is 5.85. The molecule has 17 heavy (non-hydrogen) atoms. The van der Waals surface area contributed by atoms with Crippen molar-refractivity contribution in [1.29, 1.82) is 0 Å². The van der Waals surface area contributed by atoms with Crippen molar-refractivity contribution in [3.8, 4) is 5.75 Å². The molecule has 0 atom stereocenters. The number of hydrogen-bond donors (Lipinski definition) is 2. The van der Waals surface area contributed by atoms with Gasteiger partial charge in [0.2, 0.25) is 0 Å². The summed E-state index contributed by atoms with van der Waals surface area (Å²) in [6.45, 7) is 9.04. The van der Waals surface area contributed by atoms with Crippen molar-refractivity contribution in [3.63, 3.8) is 0 Å². The minimum absolute atomic E-state index is 0. The average molecular weight is 258 g/mol. The second kappa shape index (κ2) is 6.27. The van der Waals surface area contributed by atoms with Crippen LogP contribution < -0.4 is 5.73 Å². The van der Waals surface area contributed by atoms with Crippen molar-refractivity contribution in [2.45, 2.75) is 52.5 Å². The third-order valence-corrected chi connectivity index (χ3v) is 2.87. The summed E-state index contributed by atoms with van der Waals surface area (Å²) in [4.78, 5) is 0. The fraction of sp³-hybridized carbons (Fsp3) is 0.571. The van der Waals surface area contributed by atoms with Crippen molar-refractivity contribution in [2.24, 2.45) is 5.73 Å². The Labute approximate surface area is 111 Å². The molecular weight excluding hydrogens is 234 g/mol. The standard InChI is InChI=1S/C14H23NO.ClH/c1-5-6-10-7-12(14(2,3)4)8-11(9-15)13(10)16;/h7-8,16H,5-6,9,15H2,1-4H3;1H. The molecule has 2 nitrogen and oxygen atoms in total. The van der Waals surface area contributed by atoms with Gasteiger partial charge in [0.15, 0.2) is 0 Å². The Morgan fingerprint density at radius 2 is 1.71 bits per heavy atom. The molecule has 1 aromatic carbocycles. The Morgan fingerprint density at radius 1 is 1.18 bits per heavy atom. The molecule has 0 spiro atoms. The third-order valence-electron chi connectivity index (χ3n) is 2.87. The van der Waals surface area contributed by atoms with E-state index in [1.807, 2.05) is 6.07 Å². The van der Waals surface area contributed by atoms with E-state index in [1.165, 1.54) is 5.56 Å². The number of aryl methyl sites for hydroxylation is 1. The van der Waals surface area contributed by atoms with Crippen LogP contribution in [0.25, 0.3) is 0 Å². The summed E-state index contributed by atoms with van der Waals surface area (Å²) in [6.07, 6.45) is 1.94. The molecule has 3 N–H and O–H groups in total.